The van der Waals surface area contributed by atoms with Gasteiger partial charge in [-0.1, -0.05) is 23.7 Å². The number of hydrogen-bond acceptors (Lipinski definition) is 4. The summed E-state index contributed by atoms with van der Waals surface area (Å²) in [5.41, 5.74) is 2.78. The minimum Gasteiger partial charge on any atom is -0.495 e. The van der Waals surface area contributed by atoms with E-state index in [-0.39, 0.29) is 18.3 Å². The lowest BCUT2D eigenvalue weighted by Gasteiger charge is -2.22. The number of nitrogens with zero attached hydrogens (tertiary/aromatic N) is 1. The fourth-order valence-electron chi connectivity index (χ4n) is 4.00. The van der Waals surface area contributed by atoms with Crippen molar-refractivity contribution in [1.29, 1.82) is 0 Å². The van der Waals surface area contributed by atoms with Crippen molar-refractivity contribution in [2.45, 2.75) is 19.4 Å². The van der Waals surface area contributed by atoms with E-state index in [4.69, 9.17) is 16.3 Å². The van der Waals surface area contributed by atoms with E-state index in [1.165, 1.54) is 19.2 Å². The van der Waals surface area contributed by atoms with Gasteiger partial charge in [0.2, 0.25) is 0 Å². The number of ether oxygens (including phenoxy) is 1. The van der Waals surface area contributed by atoms with Crippen LogP contribution >= 0.6 is 11.6 Å². The molecule has 1 saturated heterocycles. The van der Waals surface area contributed by atoms with Crippen LogP contribution < -0.4 is 25.6 Å². The monoisotopic (exact) mass is 496 g/mol. The predicted molar refractivity (Wildman–Crippen MR) is 136 cm³/mol. The zero-order chi connectivity index (χ0) is 24.8. The van der Waals surface area contributed by atoms with E-state index in [0.717, 1.165) is 31.6 Å². The molecule has 3 N–H and O–H groups in total. The third kappa shape index (κ3) is 6.22. The summed E-state index contributed by atoms with van der Waals surface area (Å²) in [7, 11) is 1.50. The van der Waals surface area contributed by atoms with E-state index in [1.807, 2.05) is 6.07 Å². The van der Waals surface area contributed by atoms with Crippen LogP contribution in [0.3, 0.4) is 0 Å². The molecule has 7 nitrogen and oxygen atoms in total. The second kappa shape index (κ2) is 11.1. The Morgan fingerprint density at radius 3 is 2.51 bits per heavy atom. The zero-order valence-electron chi connectivity index (χ0n) is 19.2. The molecule has 0 spiro atoms. The van der Waals surface area contributed by atoms with Crippen LogP contribution in [0.25, 0.3) is 0 Å². The number of rotatable bonds is 7. The molecule has 0 unspecified atom stereocenters. The first-order chi connectivity index (χ1) is 16.9. The molecule has 1 heterocycles. The quantitative estimate of drug-likeness (QED) is 0.394. The fraction of sp³-hybridized carbons (Fsp3) is 0.231. The molecule has 4 rings (SSSR count). The molecule has 9 heteroatoms. The number of nitrogens with one attached hydrogen (secondary N) is 3. The molecule has 0 bridgehead atoms. The first kappa shape index (κ1) is 24.3. The number of benzene rings is 3. The number of halogens is 2. The summed E-state index contributed by atoms with van der Waals surface area (Å²) in [6.07, 6.45) is 2.11. The zero-order valence-corrected chi connectivity index (χ0v) is 20.0. The lowest BCUT2D eigenvalue weighted by atomic mass is 10.1. The van der Waals surface area contributed by atoms with Gasteiger partial charge >= 0.3 is 6.03 Å². The maximum Gasteiger partial charge on any atom is 0.323 e. The maximum absolute atomic E-state index is 13.4. The average Bonchev–Trinajstić information content (AvgIpc) is 3.37. The van der Waals surface area contributed by atoms with Crippen molar-refractivity contribution in [3.05, 3.63) is 82.6 Å². The topological polar surface area (TPSA) is 82.7 Å². The second-order valence-electron chi connectivity index (χ2n) is 8.16. The minimum absolute atomic E-state index is 0.183. The normalized spacial score (nSPS) is 12.8. The van der Waals surface area contributed by atoms with E-state index in [9.17, 15) is 14.0 Å². The highest BCUT2D eigenvalue weighted by Crippen LogP contribution is 2.31. The Bertz CT molecular complexity index is 1230. The second-order valence-corrected chi connectivity index (χ2v) is 8.60. The summed E-state index contributed by atoms with van der Waals surface area (Å²) in [6, 6.07) is 15.7. The summed E-state index contributed by atoms with van der Waals surface area (Å²) in [5.74, 6) is -0.224. The molecule has 0 atom stereocenters. The molecular weight excluding hydrogens is 471 g/mol. The SMILES string of the molecule is COc1ccc(Cl)cc1NC(=O)Nc1cc(C(=O)NCc2cccc(F)c2)ccc1N1CCCC1. The Labute approximate surface area is 208 Å². The number of carbonyl (C=O) groups is 2. The summed E-state index contributed by atoms with van der Waals surface area (Å²) in [6.45, 7) is 1.91. The van der Waals surface area contributed by atoms with Crippen LogP contribution in [0, 0.1) is 5.82 Å². The van der Waals surface area contributed by atoms with Crippen molar-refractivity contribution in [3.8, 4) is 5.75 Å². The Morgan fingerprint density at radius 2 is 1.77 bits per heavy atom. The third-order valence-corrected chi connectivity index (χ3v) is 5.94. The van der Waals surface area contributed by atoms with Gasteiger partial charge in [-0.3, -0.25) is 4.79 Å². The molecule has 1 aliphatic heterocycles. The van der Waals surface area contributed by atoms with Crippen molar-refractivity contribution >= 4 is 40.6 Å². The number of amides is 3. The van der Waals surface area contributed by atoms with Gasteiger partial charge in [-0.2, -0.15) is 0 Å². The summed E-state index contributed by atoms with van der Waals surface area (Å²) >= 11 is 6.07. The van der Waals surface area contributed by atoms with Crippen LogP contribution in [0.5, 0.6) is 5.75 Å². The van der Waals surface area contributed by atoms with Crippen LogP contribution in [0.15, 0.2) is 60.7 Å². The van der Waals surface area contributed by atoms with Crippen molar-refractivity contribution in [2.24, 2.45) is 0 Å². The standard InChI is InChI=1S/C26H26ClFN4O3/c1-35-24-10-8-19(27)15-22(24)31-26(34)30-21-14-18(7-9-23(21)32-11-2-3-12-32)25(33)29-16-17-5-4-6-20(28)13-17/h4-10,13-15H,2-3,11-12,16H2,1H3,(H,29,33)(H2,30,31,34). The summed E-state index contributed by atoms with van der Waals surface area (Å²) < 4.78 is 18.7. The molecule has 1 fully saturated rings. The lowest BCUT2D eigenvalue weighted by molar-refractivity contribution is 0.0951. The number of urea groups is 1. The average molecular weight is 497 g/mol. The van der Waals surface area contributed by atoms with Crippen LogP contribution in [0.4, 0.5) is 26.2 Å². The highest BCUT2D eigenvalue weighted by molar-refractivity contribution is 6.31. The number of carbonyl (C=O) groups excluding carboxylic acids is 2. The van der Waals surface area contributed by atoms with Gasteiger partial charge in [-0.15, -0.1) is 0 Å². The van der Waals surface area contributed by atoms with Crippen LogP contribution in [-0.4, -0.2) is 32.1 Å². The predicted octanol–water partition coefficient (Wildman–Crippen LogP) is 5.66. The fourth-order valence-corrected chi connectivity index (χ4v) is 4.17. The third-order valence-electron chi connectivity index (χ3n) is 5.71. The van der Waals surface area contributed by atoms with Gasteiger partial charge in [0.15, 0.2) is 0 Å². The van der Waals surface area contributed by atoms with Gasteiger partial charge in [-0.05, 0) is 66.9 Å². The highest BCUT2D eigenvalue weighted by atomic mass is 35.5. The van der Waals surface area contributed by atoms with Crippen molar-refractivity contribution < 1.29 is 18.7 Å². The molecule has 3 aromatic carbocycles. The van der Waals surface area contributed by atoms with Gasteiger partial charge in [0.1, 0.15) is 11.6 Å². The molecule has 0 aromatic heterocycles. The van der Waals surface area contributed by atoms with Crippen LogP contribution in [0.1, 0.15) is 28.8 Å². The Balaban J connectivity index is 1.53. The van der Waals surface area contributed by atoms with Gasteiger partial charge in [0.25, 0.3) is 5.91 Å². The minimum atomic E-state index is -0.497. The number of hydrogen-bond donors (Lipinski definition) is 3. The Kier molecular flexibility index (Phi) is 7.72. The van der Waals surface area contributed by atoms with Crippen LogP contribution in [0.2, 0.25) is 5.02 Å². The highest BCUT2D eigenvalue weighted by Gasteiger charge is 2.19. The molecule has 0 radical (unpaired) electrons. The van der Waals surface area contributed by atoms with Gasteiger partial charge in [0.05, 0.1) is 24.2 Å². The molecule has 3 amide bonds. The molecule has 35 heavy (non-hydrogen) atoms. The number of anilines is 3. The first-order valence-corrected chi connectivity index (χ1v) is 11.6. The van der Waals surface area contributed by atoms with E-state index in [0.29, 0.717) is 33.3 Å². The molecule has 1 aliphatic rings. The first-order valence-electron chi connectivity index (χ1n) is 11.3. The summed E-state index contributed by atoms with van der Waals surface area (Å²) in [4.78, 5) is 27.9. The number of methoxy groups -OCH3 is 1. The van der Waals surface area contributed by atoms with Crippen molar-refractivity contribution in [2.75, 3.05) is 35.7 Å². The Hall–Kier alpha value is -3.78. The molecule has 182 valence electrons. The van der Waals surface area contributed by atoms with Crippen molar-refractivity contribution in [3.63, 3.8) is 0 Å². The molecule has 0 saturated carbocycles. The van der Waals surface area contributed by atoms with Gasteiger partial charge < -0.3 is 25.6 Å². The van der Waals surface area contributed by atoms with E-state index >= 15 is 0 Å². The maximum atomic E-state index is 13.4. The van der Waals surface area contributed by atoms with Crippen molar-refractivity contribution in [1.82, 2.24) is 5.32 Å². The smallest absolute Gasteiger partial charge is 0.323 e. The largest absolute Gasteiger partial charge is 0.495 e. The molecule has 3 aromatic rings. The van der Waals surface area contributed by atoms with Gasteiger partial charge in [0, 0.05) is 30.2 Å². The van der Waals surface area contributed by atoms with E-state index in [1.54, 1.807) is 42.5 Å². The lowest BCUT2D eigenvalue weighted by Crippen LogP contribution is -2.26. The van der Waals surface area contributed by atoms with Gasteiger partial charge in [-0.25, -0.2) is 9.18 Å². The summed E-state index contributed by atoms with van der Waals surface area (Å²) in [5, 5.41) is 8.87. The Morgan fingerprint density at radius 1 is 1.00 bits per heavy atom. The molecular formula is C26H26ClFN4O3. The van der Waals surface area contributed by atoms with Crippen LogP contribution in [-0.2, 0) is 6.54 Å². The van der Waals surface area contributed by atoms with E-state index < -0.39 is 6.03 Å². The van der Waals surface area contributed by atoms with E-state index in [2.05, 4.69) is 20.9 Å². The molecule has 0 aliphatic carbocycles.